The van der Waals surface area contributed by atoms with Crippen LogP contribution in [-0.2, 0) is 0 Å². The molecule has 0 fully saturated rings. The molecule has 0 atom stereocenters. The minimum atomic E-state index is -4.85. The molecule has 0 saturated heterocycles. The molecular formula is C12H9F4N3OS. The van der Waals surface area contributed by atoms with Gasteiger partial charge in [0.25, 0.3) is 0 Å². The number of aromatic nitrogens is 1. The van der Waals surface area contributed by atoms with E-state index in [1.54, 1.807) is 0 Å². The highest BCUT2D eigenvalue weighted by Gasteiger charge is 2.31. The van der Waals surface area contributed by atoms with E-state index < -0.39 is 17.9 Å². The molecule has 0 saturated carbocycles. The third-order valence-corrected chi connectivity index (χ3v) is 3.05. The molecule has 0 unspecified atom stereocenters. The summed E-state index contributed by atoms with van der Waals surface area (Å²) in [5.74, 6) is -1.50. The van der Waals surface area contributed by atoms with Crippen molar-refractivity contribution in [3.8, 4) is 5.75 Å². The van der Waals surface area contributed by atoms with Crippen LogP contribution in [0.1, 0.15) is 11.3 Å². The Kier molecular flexibility index (Phi) is 4.41. The van der Waals surface area contributed by atoms with E-state index >= 15 is 0 Å². The number of nitrogens with zero attached hydrogens (tertiary/aromatic N) is 2. The van der Waals surface area contributed by atoms with Gasteiger partial charge in [0.1, 0.15) is 11.6 Å². The van der Waals surface area contributed by atoms with Gasteiger partial charge in [0.2, 0.25) is 5.13 Å². The Labute approximate surface area is 121 Å². The van der Waals surface area contributed by atoms with Crippen molar-refractivity contribution in [2.75, 3.05) is 5.43 Å². The van der Waals surface area contributed by atoms with Crippen molar-refractivity contribution < 1.29 is 22.3 Å². The van der Waals surface area contributed by atoms with Gasteiger partial charge >= 0.3 is 6.36 Å². The number of anilines is 1. The molecule has 0 aliphatic rings. The summed E-state index contributed by atoms with van der Waals surface area (Å²) in [6, 6.07) is 2.78. The first kappa shape index (κ1) is 15.2. The van der Waals surface area contributed by atoms with Crippen LogP contribution in [0.4, 0.5) is 22.7 Å². The van der Waals surface area contributed by atoms with Crippen LogP contribution in [0.25, 0.3) is 0 Å². The summed E-state index contributed by atoms with van der Waals surface area (Å²) in [6.07, 6.45) is -3.71. The molecule has 0 aliphatic heterocycles. The van der Waals surface area contributed by atoms with E-state index in [0.29, 0.717) is 11.2 Å². The fourth-order valence-electron chi connectivity index (χ4n) is 1.37. The molecule has 1 heterocycles. The Bertz CT molecular complexity index is 654. The Morgan fingerprint density at radius 1 is 1.38 bits per heavy atom. The summed E-state index contributed by atoms with van der Waals surface area (Å²) in [5.41, 5.74) is 3.43. The molecule has 1 aromatic heterocycles. The first-order valence-corrected chi connectivity index (χ1v) is 6.48. The predicted octanol–water partition coefficient (Wildman–Crippen LogP) is 3.94. The number of hydrogen-bond donors (Lipinski definition) is 1. The number of aryl methyl sites for hydroxylation is 1. The Hall–Kier alpha value is -2.16. The lowest BCUT2D eigenvalue weighted by molar-refractivity contribution is -0.274. The third-order valence-electron chi connectivity index (χ3n) is 2.19. The molecule has 0 spiro atoms. The first-order valence-electron chi connectivity index (χ1n) is 5.60. The number of ether oxygens (including phenoxy) is 1. The molecule has 0 amide bonds. The average molecular weight is 319 g/mol. The van der Waals surface area contributed by atoms with Crippen molar-refractivity contribution in [1.82, 2.24) is 4.98 Å². The lowest BCUT2D eigenvalue weighted by Gasteiger charge is -2.08. The van der Waals surface area contributed by atoms with Gasteiger partial charge < -0.3 is 4.74 Å². The van der Waals surface area contributed by atoms with Crippen molar-refractivity contribution in [3.63, 3.8) is 0 Å². The summed E-state index contributed by atoms with van der Waals surface area (Å²) < 4.78 is 53.1. The Balaban J connectivity index is 2.03. The first-order chi connectivity index (χ1) is 9.83. The zero-order valence-corrected chi connectivity index (χ0v) is 11.4. The van der Waals surface area contributed by atoms with Crippen LogP contribution in [-0.4, -0.2) is 17.6 Å². The maximum atomic E-state index is 13.6. The number of hydrogen-bond acceptors (Lipinski definition) is 5. The van der Waals surface area contributed by atoms with E-state index in [4.69, 9.17) is 0 Å². The Morgan fingerprint density at radius 3 is 2.71 bits per heavy atom. The molecule has 1 aromatic carbocycles. The van der Waals surface area contributed by atoms with Gasteiger partial charge in [-0.15, -0.1) is 24.5 Å². The molecule has 9 heteroatoms. The van der Waals surface area contributed by atoms with Crippen molar-refractivity contribution in [1.29, 1.82) is 0 Å². The second-order valence-electron chi connectivity index (χ2n) is 3.90. The maximum Gasteiger partial charge on any atom is 0.573 e. The third kappa shape index (κ3) is 4.71. The monoisotopic (exact) mass is 319 g/mol. The largest absolute Gasteiger partial charge is 0.573 e. The van der Waals surface area contributed by atoms with Crippen molar-refractivity contribution >= 4 is 22.7 Å². The van der Waals surface area contributed by atoms with Crippen molar-refractivity contribution in [3.05, 3.63) is 40.7 Å². The molecule has 21 heavy (non-hydrogen) atoms. The van der Waals surface area contributed by atoms with E-state index in [-0.39, 0.29) is 5.56 Å². The molecule has 2 rings (SSSR count). The summed E-state index contributed by atoms with van der Waals surface area (Å²) in [5, 5.41) is 6.10. The predicted molar refractivity (Wildman–Crippen MR) is 71.2 cm³/mol. The van der Waals surface area contributed by atoms with Gasteiger partial charge in [-0.1, -0.05) is 0 Å². The Morgan fingerprint density at radius 2 is 2.14 bits per heavy atom. The second kappa shape index (κ2) is 6.08. The fraction of sp³-hybridized carbons (Fsp3) is 0.167. The van der Waals surface area contributed by atoms with E-state index in [1.807, 2.05) is 12.3 Å². The number of rotatable bonds is 4. The number of thiazole rings is 1. The number of alkyl halides is 3. The molecule has 2 aromatic rings. The minimum absolute atomic E-state index is 0.0188. The van der Waals surface area contributed by atoms with E-state index in [2.05, 4.69) is 20.2 Å². The summed E-state index contributed by atoms with van der Waals surface area (Å²) in [7, 11) is 0. The van der Waals surface area contributed by atoms with Crippen LogP contribution >= 0.6 is 11.3 Å². The molecular weight excluding hydrogens is 310 g/mol. The summed E-state index contributed by atoms with van der Waals surface area (Å²) in [6.45, 7) is 1.81. The highest BCUT2D eigenvalue weighted by atomic mass is 32.1. The second-order valence-corrected chi connectivity index (χ2v) is 4.75. The minimum Gasteiger partial charge on any atom is -0.406 e. The number of halogens is 4. The van der Waals surface area contributed by atoms with E-state index in [1.165, 1.54) is 11.3 Å². The smallest absolute Gasteiger partial charge is 0.406 e. The van der Waals surface area contributed by atoms with Crippen molar-refractivity contribution in [2.24, 2.45) is 5.10 Å². The van der Waals surface area contributed by atoms with Gasteiger partial charge in [0.15, 0.2) is 0 Å². The normalized spacial score (nSPS) is 11.9. The standard InChI is InChI=1S/C12H9F4N3OS/c1-7-6-21-11(18-7)19-17-5-8-2-3-9(4-10(8)13)20-12(14,15)16/h2-6H,1H3,(H,18,19). The molecule has 0 radical (unpaired) electrons. The van der Waals surface area contributed by atoms with Gasteiger partial charge in [-0.05, 0) is 19.1 Å². The average Bonchev–Trinajstić information content (AvgIpc) is 2.76. The highest BCUT2D eigenvalue weighted by molar-refractivity contribution is 7.13. The lowest BCUT2D eigenvalue weighted by Crippen LogP contribution is -2.17. The SMILES string of the molecule is Cc1csc(NN=Cc2ccc(OC(F)(F)F)cc2F)n1. The molecule has 1 N–H and O–H groups in total. The molecule has 0 aliphatic carbocycles. The van der Waals surface area contributed by atoms with Crippen LogP contribution < -0.4 is 10.2 Å². The number of hydrazone groups is 1. The topological polar surface area (TPSA) is 46.5 Å². The van der Waals surface area contributed by atoms with Crippen LogP contribution in [0.3, 0.4) is 0 Å². The molecule has 4 nitrogen and oxygen atoms in total. The fourth-order valence-corrected chi connectivity index (χ4v) is 2.01. The lowest BCUT2D eigenvalue weighted by atomic mass is 10.2. The molecule has 112 valence electrons. The quantitative estimate of drug-likeness (QED) is 0.527. The van der Waals surface area contributed by atoms with E-state index in [0.717, 1.165) is 24.0 Å². The van der Waals surface area contributed by atoms with Crippen LogP contribution in [0.2, 0.25) is 0 Å². The summed E-state index contributed by atoms with van der Waals surface area (Å²) >= 11 is 1.32. The highest BCUT2D eigenvalue weighted by Crippen LogP contribution is 2.24. The van der Waals surface area contributed by atoms with Gasteiger partial charge in [-0.2, -0.15) is 5.10 Å². The van der Waals surface area contributed by atoms with Crippen LogP contribution in [0.5, 0.6) is 5.75 Å². The zero-order chi connectivity index (χ0) is 15.5. The van der Waals surface area contributed by atoms with Crippen LogP contribution in [0.15, 0.2) is 28.7 Å². The maximum absolute atomic E-state index is 13.6. The summed E-state index contributed by atoms with van der Waals surface area (Å²) in [4.78, 5) is 4.07. The molecule has 0 bridgehead atoms. The van der Waals surface area contributed by atoms with Gasteiger partial charge in [0.05, 0.1) is 11.9 Å². The van der Waals surface area contributed by atoms with Gasteiger partial charge in [-0.3, -0.25) is 5.43 Å². The van der Waals surface area contributed by atoms with Crippen LogP contribution in [0, 0.1) is 12.7 Å². The van der Waals surface area contributed by atoms with Gasteiger partial charge in [0, 0.05) is 17.0 Å². The van der Waals surface area contributed by atoms with Gasteiger partial charge in [-0.25, -0.2) is 9.37 Å². The van der Waals surface area contributed by atoms with Crippen molar-refractivity contribution in [2.45, 2.75) is 13.3 Å². The number of benzene rings is 1. The number of nitrogens with one attached hydrogen (secondary N) is 1. The zero-order valence-electron chi connectivity index (χ0n) is 10.6. The van der Waals surface area contributed by atoms with E-state index in [9.17, 15) is 17.6 Å².